The van der Waals surface area contributed by atoms with Crippen LogP contribution in [-0.4, -0.2) is 18.2 Å². The van der Waals surface area contributed by atoms with Gasteiger partial charge in [0, 0.05) is 0 Å². The molecule has 1 N–H and O–H groups in total. The van der Waals surface area contributed by atoms with Crippen molar-refractivity contribution in [3.05, 3.63) is 29.3 Å². The lowest BCUT2D eigenvalue weighted by Crippen LogP contribution is -2.22. The van der Waals surface area contributed by atoms with Gasteiger partial charge in [-0.05, 0) is 48.4 Å². The predicted octanol–water partition coefficient (Wildman–Crippen LogP) is 2.84. The first-order valence-electron chi connectivity index (χ1n) is 6.03. The highest BCUT2D eigenvalue weighted by Gasteiger charge is 2.29. The van der Waals surface area contributed by atoms with Crippen molar-refractivity contribution in [1.29, 1.82) is 0 Å². The molecule has 1 aromatic rings. The normalized spacial score (nSPS) is 20.5. The lowest BCUT2D eigenvalue weighted by molar-refractivity contribution is -0.142. The summed E-state index contributed by atoms with van der Waals surface area (Å²) >= 11 is 0. The Kier molecular flexibility index (Phi) is 3.36. The first-order valence-corrected chi connectivity index (χ1v) is 6.03. The second kappa shape index (κ2) is 4.78. The first-order chi connectivity index (χ1) is 8.13. The van der Waals surface area contributed by atoms with E-state index in [1.807, 2.05) is 18.2 Å². The van der Waals surface area contributed by atoms with Gasteiger partial charge in [0.1, 0.15) is 5.75 Å². The van der Waals surface area contributed by atoms with Gasteiger partial charge in [0.2, 0.25) is 0 Å². The van der Waals surface area contributed by atoms with Crippen LogP contribution in [0, 0.1) is 5.92 Å². The highest BCUT2D eigenvalue weighted by atomic mass is 16.5. The molecule has 0 aromatic heterocycles. The molecule has 2 atom stereocenters. The van der Waals surface area contributed by atoms with Crippen molar-refractivity contribution in [2.24, 2.45) is 5.92 Å². The van der Waals surface area contributed by atoms with E-state index >= 15 is 0 Å². The van der Waals surface area contributed by atoms with E-state index in [9.17, 15) is 4.79 Å². The van der Waals surface area contributed by atoms with Crippen molar-refractivity contribution < 1.29 is 14.6 Å². The average molecular weight is 234 g/mol. The molecule has 3 heteroatoms. The van der Waals surface area contributed by atoms with Crippen molar-refractivity contribution in [3.8, 4) is 5.75 Å². The molecule has 2 rings (SSSR count). The van der Waals surface area contributed by atoms with Crippen LogP contribution in [0.25, 0.3) is 0 Å². The van der Waals surface area contributed by atoms with E-state index in [0.29, 0.717) is 0 Å². The summed E-state index contributed by atoms with van der Waals surface area (Å²) in [7, 11) is 1.65. The molecule has 0 saturated heterocycles. The molecular weight excluding hydrogens is 216 g/mol. The van der Waals surface area contributed by atoms with Gasteiger partial charge in [-0.15, -0.1) is 0 Å². The highest BCUT2D eigenvalue weighted by Crippen LogP contribution is 2.38. The Labute approximate surface area is 101 Å². The second-order valence-corrected chi connectivity index (χ2v) is 4.69. The van der Waals surface area contributed by atoms with Crippen LogP contribution in [0.15, 0.2) is 18.2 Å². The lowest BCUT2D eigenvalue weighted by atomic mass is 9.76. The Morgan fingerprint density at radius 1 is 1.53 bits per heavy atom. The third kappa shape index (κ3) is 2.28. The molecule has 3 nitrogen and oxygen atoms in total. The molecule has 0 heterocycles. The maximum Gasteiger partial charge on any atom is 0.306 e. The van der Waals surface area contributed by atoms with Crippen molar-refractivity contribution in [3.63, 3.8) is 0 Å². The fourth-order valence-electron chi connectivity index (χ4n) is 2.65. The molecule has 0 aliphatic heterocycles. The molecular formula is C14H18O3. The SMILES string of the molecule is COc1ccc2c(c1)CCC[C@H]2[C@H](C)C(=O)O. The average Bonchev–Trinajstić information content (AvgIpc) is 2.36. The van der Waals surface area contributed by atoms with Gasteiger partial charge >= 0.3 is 5.97 Å². The number of aryl methyl sites for hydroxylation is 1. The van der Waals surface area contributed by atoms with Gasteiger partial charge in [0.25, 0.3) is 0 Å². The zero-order valence-electron chi connectivity index (χ0n) is 10.3. The fraction of sp³-hybridized carbons (Fsp3) is 0.500. The van der Waals surface area contributed by atoms with E-state index in [1.54, 1.807) is 14.0 Å². The topological polar surface area (TPSA) is 46.5 Å². The van der Waals surface area contributed by atoms with Crippen molar-refractivity contribution in [1.82, 2.24) is 0 Å². The molecule has 0 amide bonds. The molecule has 1 aromatic carbocycles. The van der Waals surface area contributed by atoms with Crippen LogP contribution in [0.3, 0.4) is 0 Å². The van der Waals surface area contributed by atoms with Gasteiger partial charge in [-0.25, -0.2) is 0 Å². The molecule has 0 radical (unpaired) electrons. The van der Waals surface area contributed by atoms with Crippen molar-refractivity contribution in [2.45, 2.75) is 32.1 Å². The summed E-state index contributed by atoms with van der Waals surface area (Å²) in [6, 6.07) is 5.99. The van der Waals surface area contributed by atoms with Gasteiger partial charge in [0.15, 0.2) is 0 Å². The summed E-state index contributed by atoms with van der Waals surface area (Å²) in [5, 5.41) is 9.14. The van der Waals surface area contributed by atoms with Crippen LogP contribution >= 0.6 is 0 Å². The summed E-state index contributed by atoms with van der Waals surface area (Å²) < 4.78 is 5.21. The van der Waals surface area contributed by atoms with Gasteiger partial charge < -0.3 is 9.84 Å². The zero-order chi connectivity index (χ0) is 12.4. The van der Waals surface area contributed by atoms with Gasteiger partial charge in [-0.2, -0.15) is 0 Å². The molecule has 0 fully saturated rings. The van der Waals surface area contributed by atoms with Gasteiger partial charge in [-0.1, -0.05) is 13.0 Å². The summed E-state index contributed by atoms with van der Waals surface area (Å²) in [6.45, 7) is 1.80. The quantitative estimate of drug-likeness (QED) is 0.874. The van der Waals surface area contributed by atoms with Crippen LogP contribution in [-0.2, 0) is 11.2 Å². The summed E-state index contributed by atoms with van der Waals surface area (Å²) in [6.07, 6.45) is 3.05. The zero-order valence-corrected chi connectivity index (χ0v) is 10.3. The van der Waals surface area contributed by atoms with Gasteiger partial charge in [0.05, 0.1) is 13.0 Å². The largest absolute Gasteiger partial charge is 0.497 e. The van der Waals surface area contributed by atoms with Crippen LogP contribution in [0.2, 0.25) is 0 Å². The number of carbonyl (C=O) groups is 1. The number of ether oxygens (including phenoxy) is 1. The minimum absolute atomic E-state index is 0.141. The molecule has 1 aliphatic rings. The highest BCUT2D eigenvalue weighted by molar-refractivity contribution is 5.71. The van der Waals surface area contributed by atoms with Crippen LogP contribution < -0.4 is 4.74 Å². The van der Waals surface area contributed by atoms with E-state index in [2.05, 4.69) is 0 Å². The number of carboxylic acid groups (broad SMARTS) is 1. The molecule has 0 unspecified atom stereocenters. The fourth-order valence-corrected chi connectivity index (χ4v) is 2.65. The second-order valence-electron chi connectivity index (χ2n) is 4.69. The number of aliphatic carboxylic acids is 1. The Morgan fingerprint density at radius 2 is 2.29 bits per heavy atom. The summed E-state index contributed by atoms with van der Waals surface area (Å²) in [4.78, 5) is 11.1. The molecule has 0 bridgehead atoms. The Morgan fingerprint density at radius 3 is 2.94 bits per heavy atom. The van der Waals surface area contributed by atoms with E-state index in [0.717, 1.165) is 25.0 Å². The predicted molar refractivity (Wildman–Crippen MR) is 65.5 cm³/mol. The molecule has 0 saturated carbocycles. The summed E-state index contributed by atoms with van der Waals surface area (Å²) in [5.74, 6) is -0.0318. The Hall–Kier alpha value is -1.51. The maximum atomic E-state index is 11.1. The molecule has 17 heavy (non-hydrogen) atoms. The number of benzene rings is 1. The summed E-state index contributed by atoms with van der Waals surface area (Å²) in [5.41, 5.74) is 2.43. The molecule has 92 valence electrons. The monoisotopic (exact) mass is 234 g/mol. The van der Waals surface area contributed by atoms with Crippen LogP contribution in [0.1, 0.15) is 36.8 Å². The molecule has 1 aliphatic carbocycles. The smallest absolute Gasteiger partial charge is 0.306 e. The molecule has 0 spiro atoms. The number of carboxylic acids is 1. The van der Waals surface area contributed by atoms with E-state index in [4.69, 9.17) is 9.84 Å². The van der Waals surface area contributed by atoms with E-state index in [1.165, 1.54) is 11.1 Å². The third-order valence-electron chi connectivity index (χ3n) is 3.70. The van der Waals surface area contributed by atoms with E-state index < -0.39 is 5.97 Å². The number of methoxy groups -OCH3 is 1. The Bertz CT molecular complexity index is 425. The van der Waals surface area contributed by atoms with E-state index in [-0.39, 0.29) is 11.8 Å². The Balaban J connectivity index is 2.34. The van der Waals surface area contributed by atoms with Crippen molar-refractivity contribution >= 4 is 5.97 Å². The minimum Gasteiger partial charge on any atom is -0.497 e. The number of hydrogen-bond donors (Lipinski definition) is 1. The van der Waals surface area contributed by atoms with Crippen molar-refractivity contribution in [2.75, 3.05) is 7.11 Å². The van der Waals surface area contributed by atoms with Gasteiger partial charge in [-0.3, -0.25) is 4.79 Å². The third-order valence-corrected chi connectivity index (χ3v) is 3.70. The number of fused-ring (bicyclic) bond motifs is 1. The standard InChI is InChI=1S/C14H18O3/c1-9(14(15)16)12-5-3-4-10-8-11(17-2)6-7-13(10)12/h6-9,12H,3-5H2,1-2H3,(H,15,16)/t9-,12-/m0/s1. The minimum atomic E-state index is -0.710. The van der Waals surface area contributed by atoms with Crippen LogP contribution in [0.5, 0.6) is 5.75 Å². The number of hydrogen-bond acceptors (Lipinski definition) is 2. The lowest BCUT2D eigenvalue weighted by Gasteiger charge is -2.28. The first kappa shape index (κ1) is 12.0. The van der Waals surface area contributed by atoms with Crippen LogP contribution in [0.4, 0.5) is 0 Å². The maximum absolute atomic E-state index is 11.1. The number of rotatable bonds is 3.